The Hall–Kier alpha value is -2.04. The van der Waals surface area contributed by atoms with Crippen LogP contribution in [0, 0.1) is 5.92 Å². The summed E-state index contributed by atoms with van der Waals surface area (Å²) in [5.74, 6) is -0.0665. The predicted molar refractivity (Wildman–Crippen MR) is 76.4 cm³/mol. The number of hydrogen-bond acceptors (Lipinski definition) is 3. The molecular formula is C15H20N2O3. The minimum Gasteiger partial charge on any atom is -0.453 e. The van der Waals surface area contributed by atoms with Crippen molar-refractivity contribution in [2.75, 3.05) is 19.0 Å². The number of benzene rings is 1. The van der Waals surface area contributed by atoms with Crippen molar-refractivity contribution in [3.8, 4) is 0 Å². The number of hydrogen-bond donors (Lipinski definition) is 1. The van der Waals surface area contributed by atoms with Gasteiger partial charge in [0.05, 0.1) is 7.11 Å². The van der Waals surface area contributed by atoms with Gasteiger partial charge in [0.25, 0.3) is 0 Å². The molecule has 1 heterocycles. The zero-order valence-electron chi connectivity index (χ0n) is 12.1. The van der Waals surface area contributed by atoms with Crippen LogP contribution in [0.15, 0.2) is 18.2 Å². The summed E-state index contributed by atoms with van der Waals surface area (Å²) < 4.78 is 4.75. The van der Waals surface area contributed by atoms with Crippen LogP contribution in [0.1, 0.15) is 25.0 Å². The average molecular weight is 276 g/mol. The van der Waals surface area contributed by atoms with Gasteiger partial charge < -0.3 is 15.0 Å². The fraction of sp³-hybridized carbons (Fsp3) is 0.467. The van der Waals surface area contributed by atoms with Crippen molar-refractivity contribution in [1.29, 1.82) is 0 Å². The molecule has 0 aliphatic carbocycles. The lowest BCUT2D eigenvalue weighted by Gasteiger charge is -2.28. The average Bonchev–Trinajstić information content (AvgIpc) is 2.45. The number of ether oxygens (including phenoxy) is 1. The second kappa shape index (κ2) is 5.94. The van der Waals surface area contributed by atoms with Gasteiger partial charge in [-0.05, 0) is 29.7 Å². The molecule has 0 saturated heterocycles. The quantitative estimate of drug-likeness (QED) is 0.902. The van der Waals surface area contributed by atoms with Gasteiger partial charge in [0.2, 0.25) is 5.91 Å². The number of nitrogens with one attached hydrogen (secondary N) is 1. The second-order valence-corrected chi connectivity index (χ2v) is 5.27. The highest BCUT2D eigenvalue weighted by molar-refractivity contribution is 5.92. The molecule has 0 fully saturated rings. The van der Waals surface area contributed by atoms with Crippen molar-refractivity contribution in [2.45, 2.75) is 26.8 Å². The van der Waals surface area contributed by atoms with Crippen LogP contribution in [0.5, 0.6) is 0 Å². The number of fused-ring (bicyclic) bond motifs is 1. The first-order chi connectivity index (χ1) is 9.51. The van der Waals surface area contributed by atoms with E-state index in [1.165, 1.54) is 12.7 Å². The summed E-state index contributed by atoms with van der Waals surface area (Å²) in [7, 11) is 1.39. The molecule has 1 aliphatic rings. The van der Waals surface area contributed by atoms with Crippen LogP contribution in [0.3, 0.4) is 0 Å². The van der Waals surface area contributed by atoms with Gasteiger partial charge in [-0.2, -0.15) is 0 Å². The van der Waals surface area contributed by atoms with Gasteiger partial charge in [-0.15, -0.1) is 0 Å². The molecule has 1 aromatic rings. The number of carbonyl (C=O) groups is 2. The summed E-state index contributed by atoms with van der Waals surface area (Å²) >= 11 is 0. The van der Waals surface area contributed by atoms with Crippen molar-refractivity contribution in [2.24, 2.45) is 5.92 Å². The Morgan fingerprint density at radius 1 is 1.30 bits per heavy atom. The smallest absolute Gasteiger partial charge is 0.409 e. The number of nitrogens with zero attached hydrogens (tertiary/aromatic N) is 1. The van der Waals surface area contributed by atoms with Gasteiger partial charge in [-0.3, -0.25) is 4.79 Å². The van der Waals surface area contributed by atoms with E-state index in [4.69, 9.17) is 4.74 Å². The molecule has 0 radical (unpaired) electrons. The van der Waals surface area contributed by atoms with Crippen LogP contribution in [0.2, 0.25) is 0 Å². The Balaban J connectivity index is 2.14. The summed E-state index contributed by atoms with van der Waals surface area (Å²) in [6, 6.07) is 5.86. The van der Waals surface area contributed by atoms with Crippen molar-refractivity contribution >= 4 is 17.7 Å². The molecule has 1 aliphatic heterocycles. The maximum atomic E-state index is 11.7. The molecule has 2 amide bonds. The van der Waals surface area contributed by atoms with Crippen LogP contribution in [-0.4, -0.2) is 30.6 Å². The van der Waals surface area contributed by atoms with E-state index in [9.17, 15) is 9.59 Å². The number of amides is 2. The minimum absolute atomic E-state index is 0.00872. The Bertz CT molecular complexity index is 526. The third kappa shape index (κ3) is 3.10. The SMILES string of the molecule is COC(=O)N1CCc2ccc(NC(=O)C(C)C)cc2C1. The molecule has 5 heteroatoms. The topological polar surface area (TPSA) is 58.6 Å². The zero-order valence-corrected chi connectivity index (χ0v) is 12.1. The monoisotopic (exact) mass is 276 g/mol. The molecular weight excluding hydrogens is 256 g/mol. The van der Waals surface area contributed by atoms with Gasteiger partial charge in [0.15, 0.2) is 0 Å². The van der Waals surface area contributed by atoms with Crippen molar-refractivity contribution in [3.63, 3.8) is 0 Å². The first kappa shape index (κ1) is 14.4. The molecule has 2 rings (SSSR count). The standard InChI is InChI=1S/C15H20N2O3/c1-10(2)14(18)16-13-5-4-11-6-7-17(15(19)20-3)9-12(11)8-13/h4-5,8,10H,6-7,9H2,1-3H3,(H,16,18). The second-order valence-electron chi connectivity index (χ2n) is 5.27. The third-order valence-corrected chi connectivity index (χ3v) is 3.44. The molecule has 108 valence electrons. The molecule has 0 saturated carbocycles. The van der Waals surface area contributed by atoms with E-state index in [-0.39, 0.29) is 17.9 Å². The summed E-state index contributed by atoms with van der Waals surface area (Å²) in [6.07, 6.45) is 0.496. The Morgan fingerprint density at radius 2 is 2.05 bits per heavy atom. The molecule has 0 aromatic heterocycles. The zero-order chi connectivity index (χ0) is 14.7. The highest BCUT2D eigenvalue weighted by Gasteiger charge is 2.21. The number of anilines is 1. The normalized spacial score (nSPS) is 13.9. The van der Waals surface area contributed by atoms with Gasteiger partial charge >= 0.3 is 6.09 Å². The van der Waals surface area contributed by atoms with Gasteiger partial charge in [-0.25, -0.2) is 4.79 Å². The summed E-state index contributed by atoms with van der Waals surface area (Å²) in [5.41, 5.74) is 3.05. The molecule has 0 atom stereocenters. The molecule has 0 unspecified atom stereocenters. The third-order valence-electron chi connectivity index (χ3n) is 3.44. The molecule has 0 bridgehead atoms. The Morgan fingerprint density at radius 3 is 2.70 bits per heavy atom. The fourth-order valence-electron chi connectivity index (χ4n) is 2.21. The summed E-state index contributed by atoms with van der Waals surface area (Å²) in [5, 5.41) is 2.88. The number of rotatable bonds is 2. The van der Waals surface area contributed by atoms with E-state index in [0.717, 1.165) is 17.7 Å². The lowest BCUT2D eigenvalue weighted by atomic mass is 9.99. The van der Waals surface area contributed by atoms with E-state index in [2.05, 4.69) is 5.32 Å². The first-order valence-electron chi connectivity index (χ1n) is 6.77. The number of methoxy groups -OCH3 is 1. The maximum absolute atomic E-state index is 11.7. The molecule has 20 heavy (non-hydrogen) atoms. The van der Waals surface area contributed by atoms with Crippen molar-refractivity contribution < 1.29 is 14.3 Å². The first-order valence-corrected chi connectivity index (χ1v) is 6.77. The van der Waals surface area contributed by atoms with E-state index in [0.29, 0.717) is 13.1 Å². The Kier molecular flexibility index (Phi) is 4.27. The van der Waals surface area contributed by atoms with Crippen molar-refractivity contribution in [1.82, 2.24) is 4.90 Å². The lowest BCUT2D eigenvalue weighted by molar-refractivity contribution is -0.118. The molecule has 1 N–H and O–H groups in total. The molecule has 0 spiro atoms. The summed E-state index contributed by atoms with van der Waals surface area (Å²) in [4.78, 5) is 24.9. The van der Waals surface area contributed by atoms with Gasteiger partial charge in [0.1, 0.15) is 0 Å². The van der Waals surface area contributed by atoms with Gasteiger partial charge in [-0.1, -0.05) is 19.9 Å². The van der Waals surface area contributed by atoms with Gasteiger partial charge in [0, 0.05) is 24.7 Å². The van der Waals surface area contributed by atoms with Crippen molar-refractivity contribution in [3.05, 3.63) is 29.3 Å². The number of carbonyl (C=O) groups excluding carboxylic acids is 2. The van der Waals surface area contributed by atoms with Crippen LogP contribution in [0.25, 0.3) is 0 Å². The maximum Gasteiger partial charge on any atom is 0.409 e. The summed E-state index contributed by atoms with van der Waals surface area (Å²) in [6.45, 7) is 4.89. The molecule has 1 aromatic carbocycles. The largest absolute Gasteiger partial charge is 0.453 e. The predicted octanol–water partition coefficient (Wildman–Crippen LogP) is 2.41. The van der Waals surface area contributed by atoms with E-state index < -0.39 is 0 Å². The van der Waals surface area contributed by atoms with Crippen LogP contribution in [-0.2, 0) is 22.5 Å². The molecule has 5 nitrogen and oxygen atoms in total. The van der Waals surface area contributed by atoms with Crippen LogP contribution >= 0.6 is 0 Å². The Labute approximate surface area is 118 Å². The van der Waals surface area contributed by atoms with Crippen LogP contribution in [0.4, 0.5) is 10.5 Å². The van der Waals surface area contributed by atoms with E-state index >= 15 is 0 Å². The van der Waals surface area contributed by atoms with E-state index in [1.54, 1.807) is 4.90 Å². The fourth-order valence-corrected chi connectivity index (χ4v) is 2.21. The lowest BCUT2D eigenvalue weighted by Crippen LogP contribution is -2.35. The van der Waals surface area contributed by atoms with Crippen LogP contribution < -0.4 is 5.32 Å². The highest BCUT2D eigenvalue weighted by Crippen LogP contribution is 2.23. The highest BCUT2D eigenvalue weighted by atomic mass is 16.5. The van der Waals surface area contributed by atoms with E-state index in [1.807, 2.05) is 32.0 Å². The minimum atomic E-state index is -0.313.